The third kappa shape index (κ3) is 6.78. The van der Waals surface area contributed by atoms with E-state index >= 15 is 0 Å². The van der Waals surface area contributed by atoms with Gasteiger partial charge in [-0.2, -0.15) is 0 Å². The largest absolute Gasteiger partial charge is 0.464 e. The Labute approximate surface area is 102 Å². The Kier molecular flexibility index (Phi) is 7.29. The van der Waals surface area contributed by atoms with Crippen LogP contribution in [0.25, 0.3) is 0 Å². The highest BCUT2D eigenvalue weighted by atomic mass is 16.4. The van der Waals surface area contributed by atoms with E-state index in [1.807, 2.05) is 20.8 Å². The van der Waals surface area contributed by atoms with E-state index in [4.69, 9.17) is 5.11 Å². The lowest BCUT2D eigenvalue weighted by Crippen LogP contribution is -2.53. The van der Waals surface area contributed by atoms with E-state index in [1.54, 1.807) is 6.92 Å². The van der Waals surface area contributed by atoms with Crippen LogP contribution in [0.15, 0.2) is 0 Å². The van der Waals surface area contributed by atoms with E-state index in [0.717, 1.165) is 5.01 Å². The first kappa shape index (κ1) is 15.7. The molecule has 0 heterocycles. The van der Waals surface area contributed by atoms with Gasteiger partial charge in [-0.3, -0.25) is 4.79 Å². The summed E-state index contributed by atoms with van der Waals surface area (Å²) in [7, 11) is 0. The highest BCUT2D eigenvalue weighted by Gasteiger charge is 2.18. The average molecular weight is 245 g/mol. The summed E-state index contributed by atoms with van der Waals surface area (Å²) in [5.41, 5.74) is 2.66. The van der Waals surface area contributed by atoms with Gasteiger partial charge in [0.2, 0.25) is 5.91 Å². The summed E-state index contributed by atoms with van der Waals surface area (Å²) >= 11 is 0. The maximum atomic E-state index is 11.6. The zero-order valence-electron chi connectivity index (χ0n) is 11.0. The maximum Gasteiger partial charge on any atom is 0.421 e. The summed E-state index contributed by atoms with van der Waals surface area (Å²) < 4.78 is 0. The molecule has 0 radical (unpaired) electrons. The summed E-state index contributed by atoms with van der Waals surface area (Å²) in [6, 6.07) is -0.559. The number of carboxylic acid groups (broad SMARTS) is 1. The second kappa shape index (κ2) is 7.89. The number of rotatable bonds is 7. The summed E-state index contributed by atoms with van der Waals surface area (Å²) in [5.74, 6) is 0.179. The van der Waals surface area contributed by atoms with Crippen LogP contribution in [0.4, 0.5) is 4.79 Å². The van der Waals surface area contributed by atoms with Gasteiger partial charge in [0.25, 0.3) is 0 Å². The molecule has 0 fully saturated rings. The predicted octanol–water partition coefficient (Wildman–Crippen LogP) is 1.04. The summed E-state index contributed by atoms with van der Waals surface area (Å²) in [5, 5.41) is 12.7. The molecule has 0 saturated heterocycles. The van der Waals surface area contributed by atoms with Crippen LogP contribution in [0.5, 0.6) is 0 Å². The second-order valence-corrected chi connectivity index (χ2v) is 4.42. The van der Waals surface area contributed by atoms with Crippen molar-refractivity contribution in [2.24, 2.45) is 5.92 Å². The van der Waals surface area contributed by atoms with E-state index in [1.165, 1.54) is 0 Å². The van der Waals surface area contributed by atoms with Gasteiger partial charge in [-0.1, -0.05) is 20.8 Å². The van der Waals surface area contributed by atoms with Crippen LogP contribution in [-0.4, -0.2) is 41.2 Å². The number of amides is 2. The highest BCUT2D eigenvalue weighted by molar-refractivity contribution is 5.81. The number of nitrogens with one attached hydrogen (secondary N) is 2. The Bertz CT molecular complexity index is 256. The fourth-order valence-corrected chi connectivity index (χ4v) is 1.19. The van der Waals surface area contributed by atoms with Crippen LogP contribution >= 0.6 is 0 Å². The van der Waals surface area contributed by atoms with E-state index in [-0.39, 0.29) is 5.91 Å². The van der Waals surface area contributed by atoms with Crippen molar-refractivity contribution in [2.45, 2.75) is 40.2 Å². The van der Waals surface area contributed by atoms with E-state index in [2.05, 4.69) is 10.7 Å². The topological polar surface area (TPSA) is 81.7 Å². The third-order valence-corrected chi connectivity index (χ3v) is 2.11. The lowest BCUT2D eigenvalue weighted by Gasteiger charge is -2.23. The third-order valence-electron chi connectivity index (χ3n) is 2.11. The number of hydrogen-bond donors (Lipinski definition) is 3. The molecule has 2 amide bonds. The fraction of sp³-hybridized carbons (Fsp3) is 0.818. The molecule has 1 unspecified atom stereocenters. The van der Waals surface area contributed by atoms with Crippen LogP contribution in [-0.2, 0) is 4.79 Å². The molecule has 17 heavy (non-hydrogen) atoms. The van der Waals surface area contributed by atoms with E-state index in [9.17, 15) is 9.59 Å². The number of hydrazine groups is 1. The number of carbonyl (C=O) groups excluding carboxylic acids is 1. The molecule has 0 rings (SSSR count). The zero-order chi connectivity index (χ0) is 13.4. The molecule has 0 saturated carbocycles. The second-order valence-electron chi connectivity index (χ2n) is 4.42. The molecule has 0 aliphatic carbocycles. The Morgan fingerprint density at radius 2 is 1.88 bits per heavy atom. The van der Waals surface area contributed by atoms with Crippen LogP contribution in [0.2, 0.25) is 0 Å². The number of hydrogen-bond acceptors (Lipinski definition) is 3. The molecule has 100 valence electrons. The Morgan fingerprint density at radius 1 is 1.29 bits per heavy atom. The van der Waals surface area contributed by atoms with Gasteiger partial charge in [-0.15, -0.1) is 0 Å². The van der Waals surface area contributed by atoms with Gasteiger partial charge in [-0.05, 0) is 19.3 Å². The smallest absolute Gasteiger partial charge is 0.421 e. The standard InChI is InChI=1S/C11H23N3O3/c1-5-6-14(11(16)17)13-9(4)10(15)12-7-8(2)3/h8-9,13H,5-7H2,1-4H3,(H,12,15)(H,16,17). The van der Waals surface area contributed by atoms with Gasteiger partial charge in [0.1, 0.15) is 6.04 Å². The monoisotopic (exact) mass is 245 g/mol. The lowest BCUT2D eigenvalue weighted by atomic mass is 10.2. The zero-order valence-corrected chi connectivity index (χ0v) is 11.0. The molecule has 0 aliphatic rings. The molecule has 0 spiro atoms. The molecular weight excluding hydrogens is 222 g/mol. The van der Waals surface area contributed by atoms with Crippen LogP contribution in [0.3, 0.4) is 0 Å². The van der Waals surface area contributed by atoms with Gasteiger partial charge in [0.05, 0.1) is 0 Å². The summed E-state index contributed by atoms with van der Waals surface area (Å²) in [4.78, 5) is 22.5. The minimum atomic E-state index is -1.07. The van der Waals surface area contributed by atoms with Gasteiger partial charge in [0.15, 0.2) is 0 Å². The molecule has 0 aromatic rings. The van der Waals surface area contributed by atoms with Crippen molar-refractivity contribution in [3.05, 3.63) is 0 Å². The van der Waals surface area contributed by atoms with Crippen LogP contribution < -0.4 is 10.7 Å². The van der Waals surface area contributed by atoms with Gasteiger partial charge >= 0.3 is 6.09 Å². The van der Waals surface area contributed by atoms with Crippen molar-refractivity contribution < 1.29 is 14.7 Å². The molecular formula is C11H23N3O3. The molecule has 6 heteroatoms. The minimum absolute atomic E-state index is 0.193. The van der Waals surface area contributed by atoms with Crippen molar-refractivity contribution in [3.63, 3.8) is 0 Å². The van der Waals surface area contributed by atoms with Crippen molar-refractivity contribution >= 4 is 12.0 Å². The van der Waals surface area contributed by atoms with Gasteiger partial charge < -0.3 is 10.4 Å². The van der Waals surface area contributed by atoms with E-state index in [0.29, 0.717) is 25.4 Å². The normalized spacial score (nSPS) is 12.3. The predicted molar refractivity (Wildman–Crippen MR) is 65.5 cm³/mol. The fourth-order valence-electron chi connectivity index (χ4n) is 1.19. The van der Waals surface area contributed by atoms with Crippen molar-refractivity contribution in [2.75, 3.05) is 13.1 Å². The number of nitrogens with zero attached hydrogens (tertiary/aromatic N) is 1. The first-order chi connectivity index (χ1) is 7.88. The molecule has 0 aromatic carbocycles. The minimum Gasteiger partial charge on any atom is -0.464 e. The summed E-state index contributed by atoms with van der Waals surface area (Å²) in [6.07, 6.45) is -0.380. The first-order valence-electron chi connectivity index (χ1n) is 5.92. The summed E-state index contributed by atoms with van der Waals surface area (Å²) in [6.45, 7) is 8.46. The molecule has 0 aromatic heterocycles. The van der Waals surface area contributed by atoms with E-state index < -0.39 is 12.1 Å². The Hall–Kier alpha value is -1.30. The molecule has 6 nitrogen and oxygen atoms in total. The van der Waals surface area contributed by atoms with Crippen molar-refractivity contribution in [1.29, 1.82) is 0 Å². The average Bonchev–Trinajstić information content (AvgIpc) is 2.24. The van der Waals surface area contributed by atoms with Gasteiger partial charge in [0, 0.05) is 13.1 Å². The molecule has 0 bridgehead atoms. The maximum absolute atomic E-state index is 11.6. The quantitative estimate of drug-likeness (QED) is 0.585. The van der Waals surface area contributed by atoms with Gasteiger partial charge in [-0.25, -0.2) is 15.2 Å². The van der Waals surface area contributed by atoms with Crippen molar-refractivity contribution in [3.8, 4) is 0 Å². The van der Waals surface area contributed by atoms with Crippen LogP contribution in [0.1, 0.15) is 34.1 Å². The molecule has 1 atom stereocenters. The Morgan fingerprint density at radius 3 is 2.29 bits per heavy atom. The SMILES string of the molecule is CCCN(NC(C)C(=O)NCC(C)C)C(=O)O. The Balaban J connectivity index is 4.15. The molecule has 3 N–H and O–H groups in total. The molecule has 0 aliphatic heterocycles. The number of carbonyl (C=O) groups is 2. The van der Waals surface area contributed by atoms with Crippen LogP contribution in [0, 0.1) is 5.92 Å². The first-order valence-corrected chi connectivity index (χ1v) is 5.92. The highest BCUT2D eigenvalue weighted by Crippen LogP contribution is 1.93. The lowest BCUT2D eigenvalue weighted by molar-refractivity contribution is -0.124. The van der Waals surface area contributed by atoms with Crippen molar-refractivity contribution in [1.82, 2.24) is 15.8 Å².